The van der Waals surface area contributed by atoms with E-state index in [2.05, 4.69) is 15.3 Å². The fraction of sp³-hybridized carbons (Fsp3) is 0.600. The Bertz CT molecular complexity index is 409. The van der Waals surface area contributed by atoms with Crippen molar-refractivity contribution < 1.29 is 13.2 Å². The molecule has 0 aliphatic carbocycles. The Labute approximate surface area is 108 Å². The predicted molar refractivity (Wildman–Crippen MR) is 65.1 cm³/mol. The minimum absolute atomic E-state index is 0.0725. The second-order valence-electron chi connectivity index (χ2n) is 3.95. The lowest BCUT2D eigenvalue weighted by Crippen LogP contribution is -2.40. The van der Waals surface area contributed by atoms with E-state index in [0.29, 0.717) is 0 Å². The van der Waals surface area contributed by atoms with Crippen LogP contribution in [0.4, 0.5) is 24.9 Å². The van der Waals surface area contributed by atoms with Gasteiger partial charge in [-0.25, -0.2) is 4.98 Å². The third-order valence-corrected chi connectivity index (χ3v) is 2.46. The molecule has 0 atom stereocenters. The van der Waals surface area contributed by atoms with Gasteiger partial charge in [0.25, 0.3) is 0 Å². The van der Waals surface area contributed by atoms with Crippen LogP contribution in [0.1, 0.15) is 13.8 Å². The maximum absolute atomic E-state index is 12.5. The number of nitrogens with zero attached hydrogens (tertiary/aromatic N) is 3. The van der Waals surface area contributed by atoms with E-state index < -0.39 is 12.7 Å². The van der Waals surface area contributed by atoms with Gasteiger partial charge >= 0.3 is 6.18 Å². The van der Waals surface area contributed by atoms with Gasteiger partial charge in [-0.3, -0.25) is 0 Å². The van der Waals surface area contributed by atoms with Gasteiger partial charge in [0.2, 0.25) is 5.95 Å². The molecule has 8 heteroatoms. The molecular weight excluding hydrogens is 269 g/mol. The van der Waals surface area contributed by atoms with E-state index >= 15 is 0 Å². The number of anilines is 2. The molecule has 4 nitrogen and oxygen atoms in total. The summed E-state index contributed by atoms with van der Waals surface area (Å²) in [5.41, 5.74) is 0. The molecule has 0 radical (unpaired) electrons. The molecule has 1 N–H and O–H groups in total. The molecule has 0 spiro atoms. The quantitative estimate of drug-likeness (QED) is 0.922. The fourth-order valence-corrected chi connectivity index (χ4v) is 1.57. The summed E-state index contributed by atoms with van der Waals surface area (Å²) in [6, 6.07) is -0.385. The van der Waals surface area contributed by atoms with Gasteiger partial charge < -0.3 is 10.2 Å². The first kappa shape index (κ1) is 14.8. The van der Waals surface area contributed by atoms with Crippen molar-refractivity contribution in [2.24, 2.45) is 0 Å². The van der Waals surface area contributed by atoms with E-state index in [0.717, 1.165) is 4.90 Å². The largest absolute Gasteiger partial charge is 0.405 e. The lowest BCUT2D eigenvalue weighted by molar-refractivity contribution is -0.120. The van der Waals surface area contributed by atoms with Crippen molar-refractivity contribution in [2.75, 3.05) is 23.8 Å². The first-order chi connectivity index (χ1) is 8.24. The van der Waals surface area contributed by atoms with E-state index in [1.807, 2.05) is 0 Å². The molecule has 0 bridgehead atoms. The first-order valence-corrected chi connectivity index (χ1v) is 5.66. The van der Waals surface area contributed by atoms with Crippen LogP contribution >= 0.6 is 11.6 Å². The minimum Gasteiger partial charge on any atom is -0.357 e. The molecule has 0 aliphatic rings. The third kappa shape index (κ3) is 3.90. The van der Waals surface area contributed by atoms with Gasteiger partial charge in [0.15, 0.2) is 5.82 Å². The van der Waals surface area contributed by atoms with Crippen molar-refractivity contribution >= 4 is 23.4 Å². The molecular formula is C10H14ClF3N4. The molecule has 1 aromatic rings. The molecule has 0 fully saturated rings. The maximum Gasteiger partial charge on any atom is 0.405 e. The van der Waals surface area contributed by atoms with Crippen LogP contribution in [0.2, 0.25) is 5.02 Å². The molecule has 0 amide bonds. The number of aromatic nitrogens is 2. The average Bonchev–Trinajstić information content (AvgIpc) is 2.25. The van der Waals surface area contributed by atoms with Crippen LogP contribution in [0, 0.1) is 0 Å². The van der Waals surface area contributed by atoms with Crippen molar-refractivity contribution in [3.63, 3.8) is 0 Å². The SMILES string of the molecule is CNc1ncc(Cl)c(N(CC(F)(F)F)C(C)C)n1. The Morgan fingerprint density at radius 2 is 2.06 bits per heavy atom. The Morgan fingerprint density at radius 1 is 1.44 bits per heavy atom. The Morgan fingerprint density at radius 3 is 2.50 bits per heavy atom. The Hall–Kier alpha value is -1.24. The number of alkyl halides is 3. The van der Waals surface area contributed by atoms with E-state index in [9.17, 15) is 13.2 Å². The molecule has 102 valence electrons. The molecule has 0 aliphatic heterocycles. The molecule has 0 aromatic carbocycles. The van der Waals surface area contributed by atoms with Crippen LogP contribution in [0.25, 0.3) is 0 Å². The summed E-state index contributed by atoms with van der Waals surface area (Å²) >= 11 is 5.86. The van der Waals surface area contributed by atoms with Gasteiger partial charge in [-0.05, 0) is 13.8 Å². The zero-order valence-electron chi connectivity index (χ0n) is 10.2. The van der Waals surface area contributed by atoms with Crippen LogP contribution in [0.5, 0.6) is 0 Å². The van der Waals surface area contributed by atoms with E-state index in [1.54, 1.807) is 20.9 Å². The van der Waals surface area contributed by atoms with Gasteiger partial charge in [-0.1, -0.05) is 11.6 Å². The molecule has 1 rings (SSSR count). The van der Waals surface area contributed by atoms with Crippen molar-refractivity contribution in [2.45, 2.75) is 26.1 Å². The third-order valence-electron chi connectivity index (χ3n) is 2.19. The molecule has 0 saturated heterocycles. The van der Waals surface area contributed by atoms with Gasteiger partial charge in [-0.2, -0.15) is 18.2 Å². The van der Waals surface area contributed by atoms with Gasteiger partial charge in [-0.15, -0.1) is 0 Å². The van der Waals surface area contributed by atoms with E-state index in [4.69, 9.17) is 11.6 Å². The first-order valence-electron chi connectivity index (χ1n) is 5.28. The fourth-order valence-electron chi connectivity index (χ4n) is 1.38. The molecule has 0 saturated carbocycles. The highest BCUT2D eigenvalue weighted by atomic mass is 35.5. The van der Waals surface area contributed by atoms with E-state index in [1.165, 1.54) is 6.20 Å². The molecule has 1 heterocycles. The molecule has 1 aromatic heterocycles. The lowest BCUT2D eigenvalue weighted by Gasteiger charge is -2.29. The van der Waals surface area contributed by atoms with Crippen molar-refractivity contribution in [3.05, 3.63) is 11.2 Å². The standard InChI is InChI=1S/C10H14ClF3N4/c1-6(2)18(5-10(12,13)14)8-7(11)4-16-9(15-3)17-8/h4,6H,5H2,1-3H3,(H,15,16,17). The highest BCUT2D eigenvalue weighted by molar-refractivity contribution is 6.32. The number of hydrogen-bond donors (Lipinski definition) is 1. The molecule has 0 unspecified atom stereocenters. The summed E-state index contributed by atoms with van der Waals surface area (Å²) in [7, 11) is 1.58. The zero-order valence-corrected chi connectivity index (χ0v) is 11.0. The number of rotatable bonds is 4. The topological polar surface area (TPSA) is 41.1 Å². The smallest absolute Gasteiger partial charge is 0.357 e. The molecule has 18 heavy (non-hydrogen) atoms. The summed E-state index contributed by atoms with van der Waals surface area (Å²) in [5.74, 6) is 0.297. The highest BCUT2D eigenvalue weighted by Gasteiger charge is 2.33. The summed E-state index contributed by atoms with van der Waals surface area (Å²) in [6.45, 7) is 2.18. The van der Waals surface area contributed by atoms with Gasteiger partial charge in [0.05, 0.1) is 6.20 Å². The van der Waals surface area contributed by atoms with Crippen LogP contribution in [0.3, 0.4) is 0 Å². The van der Waals surface area contributed by atoms with Crippen molar-refractivity contribution in [1.29, 1.82) is 0 Å². The van der Waals surface area contributed by atoms with E-state index in [-0.39, 0.29) is 22.8 Å². The van der Waals surface area contributed by atoms with Crippen LogP contribution in [-0.2, 0) is 0 Å². The normalized spacial score (nSPS) is 11.8. The summed E-state index contributed by atoms with van der Waals surface area (Å²) < 4.78 is 37.6. The number of hydrogen-bond acceptors (Lipinski definition) is 4. The summed E-state index contributed by atoms with van der Waals surface area (Å²) in [4.78, 5) is 8.89. The Kier molecular flexibility index (Phi) is 4.61. The zero-order chi connectivity index (χ0) is 13.9. The Balaban J connectivity index is 3.12. The van der Waals surface area contributed by atoms with Crippen molar-refractivity contribution in [3.8, 4) is 0 Å². The number of halogens is 4. The van der Waals surface area contributed by atoms with Crippen LogP contribution in [-0.4, -0.2) is 35.8 Å². The maximum atomic E-state index is 12.5. The second kappa shape index (κ2) is 5.60. The van der Waals surface area contributed by atoms with Gasteiger partial charge in [0.1, 0.15) is 11.6 Å². The average molecular weight is 283 g/mol. The lowest BCUT2D eigenvalue weighted by atomic mass is 10.3. The monoisotopic (exact) mass is 282 g/mol. The van der Waals surface area contributed by atoms with Gasteiger partial charge in [0, 0.05) is 13.1 Å². The van der Waals surface area contributed by atoms with Crippen molar-refractivity contribution in [1.82, 2.24) is 9.97 Å². The summed E-state index contributed by atoms with van der Waals surface area (Å²) in [6.07, 6.45) is -3.04. The second-order valence-corrected chi connectivity index (χ2v) is 4.36. The minimum atomic E-state index is -4.32. The van der Waals surface area contributed by atoms with Crippen LogP contribution < -0.4 is 10.2 Å². The highest BCUT2D eigenvalue weighted by Crippen LogP contribution is 2.28. The number of nitrogens with one attached hydrogen (secondary N) is 1. The van der Waals surface area contributed by atoms with Crippen LogP contribution in [0.15, 0.2) is 6.20 Å². The predicted octanol–water partition coefficient (Wildman–Crippen LogP) is 2.95. The summed E-state index contributed by atoms with van der Waals surface area (Å²) in [5, 5.41) is 2.75.